The van der Waals surface area contributed by atoms with E-state index in [0.717, 1.165) is 4.57 Å². The number of hydrogen-bond donors (Lipinski definition) is 1. The topological polar surface area (TPSA) is 82.3 Å². The molecule has 0 fully saturated rings. The Bertz CT molecular complexity index is 1070. The van der Waals surface area contributed by atoms with Crippen LogP contribution in [-0.2, 0) is 14.1 Å². The first-order valence-electron chi connectivity index (χ1n) is 7.87. The van der Waals surface area contributed by atoms with Gasteiger partial charge in [-0.2, -0.15) is 0 Å². The fraction of sp³-hybridized carbons (Fsp3) is 0.105. The number of aryl methyl sites for hydroxylation is 1. The van der Waals surface area contributed by atoms with Gasteiger partial charge in [0.1, 0.15) is 11.3 Å². The van der Waals surface area contributed by atoms with Crippen molar-refractivity contribution in [3.63, 3.8) is 0 Å². The first kappa shape index (κ1) is 17.2. The zero-order valence-corrected chi connectivity index (χ0v) is 14.3. The number of rotatable bonds is 4. The van der Waals surface area contributed by atoms with E-state index < -0.39 is 17.2 Å². The van der Waals surface area contributed by atoms with E-state index in [9.17, 15) is 14.4 Å². The van der Waals surface area contributed by atoms with Crippen LogP contribution in [0.1, 0.15) is 10.4 Å². The number of carbonyl (C=O) groups excluding carboxylic acids is 1. The molecule has 132 valence electrons. The molecule has 0 bridgehead atoms. The van der Waals surface area contributed by atoms with Gasteiger partial charge >= 0.3 is 5.69 Å². The predicted octanol–water partition coefficient (Wildman–Crippen LogP) is 2.13. The third-order valence-corrected chi connectivity index (χ3v) is 3.80. The maximum absolute atomic E-state index is 12.6. The van der Waals surface area contributed by atoms with Crippen molar-refractivity contribution in [2.75, 3.05) is 5.32 Å². The number of hydrogen-bond acceptors (Lipinski definition) is 4. The van der Waals surface area contributed by atoms with Gasteiger partial charge in [0.05, 0.1) is 5.69 Å². The van der Waals surface area contributed by atoms with Crippen LogP contribution in [0.5, 0.6) is 11.5 Å². The standard InChI is InChI=1S/C19H17N3O4/c1-21-12-14(18(24)22(2)19(21)25)17(23)20-15-10-6-7-11-16(15)26-13-8-4-3-5-9-13/h3-12H,1-2H3,(H,20,23). The Labute approximate surface area is 149 Å². The maximum atomic E-state index is 12.6. The number of aromatic nitrogens is 2. The van der Waals surface area contributed by atoms with Crippen LogP contribution < -0.4 is 21.3 Å². The summed E-state index contributed by atoms with van der Waals surface area (Å²) in [4.78, 5) is 36.5. The smallest absolute Gasteiger partial charge is 0.330 e. The average molecular weight is 351 g/mol. The summed E-state index contributed by atoms with van der Waals surface area (Å²) >= 11 is 0. The van der Waals surface area contributed by atoms with Crippen LogP contribution in [0.3, 0.4) is 0 Å². The molecule has 3 rings (SSSR count). The van der Waals surface area contributed by atoms with E-state index in [1.807, 2.05) is 18.2 Å². The number of carbonyl (C=O) groups is 1. The number of para-hydroxylation sites is 3. The third-order valence-electron chi connectivity index (χ3n) is 3.80. The van der Waals surface area contributed by atoms with Crippen molar-refractivity contribution in [3.05, 3.63) is 87.2 Å². The van der Waals surface area contributed by atoms with Gasteiger partial charge in [0, 0.05) is 20.3 Å². The summed E-state index contributed by atoms with van der Waals surface area (Å²) in [6.45, 7) is 0. The Morgan fingerprint density at radius 2 is 1.62 bits per heavy atom. The number of nitrogens with one attached hydrogen (secondary N) is 1. The lowest BCUT2D eigenvalue weighted by atomic mass is 10.2. The fourth-order valence-corrected chi connectivity index (χ4v) is 2.43. The minimum Gasteiger partial charge on any atom is -0.455 e. The van der Waals surface area contributed by atoms with Crippen molar-refractivity contribution in [1.82, 2.24) is 9.13 Å². The molecule has 0 aliphatic carbocycles. The third kappa shape index (κ3) is 3.41. The zero-order chi connectivity index (χ0) is 18.7. The van der Waals surface area contributed by atoms with E-state index in [1.165, 1.54) is 24.9 Å². The second-order valence-corrected chi connectivity index (χ2v) is 5.67. The first-order valence-corrected chi connectivity index (χ1v) is 7.87. The Morgan fingerprint density at radius 3 is 2.35 bits per heavy atom. The summed E-state index contributed by atoms with van der Waals surface area (Å²) in [5.74, 6) is 0.436. The molecule has 7 nitrogen and oxygen atoms in total. The summed E-state index contributed by atoms with van der Waals surface area (Å²) in [6, 6.07) is 16.0. The van der Waals surface area contributed by atoms with Gasteiger partial charge in [-0.1, -0.05) is 30.3 Å². The Balaban J connectivity index is 1.92. The quantitative estimate of drug-likeness (QED) is 0.781. The highest BCUT2D eigenvalue weighted by molar-refractivity contribution is 6.04. The van der Waals surface area contributed by atoms with Crippen LogP contribution in [0.2, 0.25) is 0 Å². The van der Waals surface area contributed by atoms with Crippen LogP contribution in [0.4, 0.5) is 5.69 Å². The van der Waals surface area contributed by atoms with Crippen molar-refractivity contribution in [2.24, 2.45) is 14.1 Å². The molecule has 26 heavy (non-hydrogen) atoms. The predicted molar refractivity (Wildman–Crippen MR) is 97.8 cm³/mol. The molecule has 0 unspecified atom stereocenters. The molecule has 1 aromatic heterocycles. The van der Waals surface area contributed by atoms with E-state index in [-0.39, 0.29) is 5.56 Å². The molecule has 0 aliphatic heterocycles. The molecule has 0 atom stereocenters. The molecule has 0 saturated heterocycles. The van der Waals surface area contributed by atoms with Gasteiger partial charge in [-0.15, -0.1) is 0 Å². The molecule has 1 amide bonds. The highest BCUT2D eigenvalue weighted by Gasteiger charge is 2.16. The van der Waals surface area contributed by atoms with Gasteiger partial charge in [-0.25, -0.2) is 4.79 Å². The van der Waals surface area contributed by atoms with Crippen molar-refractivity contribution >= 4 is 11.6 Å². The van der Waals surface area contributed by atoms with Gasteiger partial charge in [-0.05, 0) is 24.3 Å². The molecule has 1 heterocycles. The molecule has 0 aliphatic rings. The highest BCUT2D eigenvalue weighted by atomic mass is 16.5. The minimum atomic E-state index is -0.660. The van der Waals surface area contributed by atoms with E-state index in [1.54, 1.807) is 36.4 Å². The van der Waals surface area contributed by atoms with Gasteiger partial charge in [0.25, 0.3) is 11.5 Å². The molecule has 0 radical (unpaired) electrons. The largest absolute Gasteiger partial charge is 0.455 e. The van der Waals surface area contributed by atoms with Crippen LogP contribution in [0.15, 0.2) is 70.4 Å². The van der Waals surface area contributed by atoms with Gasteiger partial charge in [0.15, 0.2) is 5.75 Å². The van der Waals surface area contributed by atoms with Crippen LogP contribution in [0.25, 0.3) is 0 Å². The van der Waals surface area contributed by atoms with Crippen molar-refractivity contribution in [1.29, 1.82) is 0 Å². The molecule has 3 aromatic rings. The SMILES string of the molecule is Cn1cc(C(=O)Nc2ccccc2Oc2ccccc2)c(=O)n(C)c1=O. The minimum absolute atomic E-state index is 0.135. The maximum Gasteiger partial charge on any atom is 0.330 e. The van der Waals surface area contributed by atoms with Crippen molar-refractivity contribution < 1.29 is 9.53 Å². The summed E-state index contributed by atoms with van der Waals surface area (Å²) in [5, 5.41) is 2.67. The number of benzene rings is 2. The normalized spacial score (nSPS) is 10.4. The summed E-state index contributed by atoms with van der Waals surface area (Å²) in [7, 11) is 2.80. The van der Waals surface area contributed by atoms with Gasteiger partial charge in [-0.3, -0.25) is 14.2 Å². The lowest BCUT2D eigenvalue weighted by Crippen LogP contribution is -2.40. The number of nitrogens with zero attached hydrogens (tertiary/aromatic N) is 2. The molecule has 0 spiro atoms. The van der Waals surface area contributed by atoms with Gasteiger partial charge < -0.3 is 14.6 Å². The Kier molecular flexibility index (Phi) is 4.70. The highest BCUT2D eigenvalue weighted by Crippen LogP contribution is 2.29. The van der Waals surface area contributed by atoms with E-state index in [2.05, 4.69) is 5.32 Å². The second kappa shape index (κ2) is 7.10. The molecular formula is C19H17N3O4. The fourth-order valence-electron chi connectivity index (χ4n) is 2.43. The molecular weight excluding hydrogens is 334 g/mol. The molecule has 0 saturated carbocycles. The Hall–Kier alpha value is -3.61. The Morgan fingerprint density at radius 1 is 0.962 bits per heavy atom. The zero-order valence-electron chi connectivity index (χ0n) is 14.3. The number of ether oxygens (including phenoxy) is 1. The molecule has 1 N–H and O–H groups in total. The van der Waals surface area contributed by atoms with E-state index in [0.29, 0.717) is 17.2 Å². The molecule has 7 heteroatoms. The van der Waals surface area contributed by atoms with Crippen molar-refractivity contribution in [3.8, 4) is 11.5 Å². The lowest BCUT2D eigenvalue weighted by molar-refractivity contribution is 0.102. The first-order chi connectivity index (χ1) is 12.5. The summed E-state index contributed by atoms with van der Waals surface area (Å²) in [5.41, 5.74) is -0.882. The monoisotopic (exact) mass is 351 g/mol. The average Bonchev–Trinajstić information content (AvgIpc) is 2.65. The lowest BCUT2D eigenvalue weighted by Gasteiger charge is -2.12. The summed E-state index contributed by atoms with van der Waals surface area (Å²) < 4.78 is 7.86. The van der Waals surface area contributed by atoms with E-state index >= 15 is 0 Å². The van der Waals surface area contributed by atoms with Crippen LogP contribution in [0, 0.1) is 0 Å². The van der Waals surface area contributed by atoms with Crippen LogP contribution >= 0.6 is 0 Å². The number of anilines is 1. The van der Waals surface area contributed by atoms with Crippen LogP contribution in [-0.4, -0.2) is 15.0 Å². The van der Waals surface area contributed by atoms with E-state index in [4.69, 9.17) is 4.74 Å². The summed E-state index contributed by atoms with van der Waals surface area (Å²) in [6.07, 6.45) is 1.22. The molecule has 2 aromatic carbocycles. The number of amides is 1. The van der Waals surface area contributed by atoms with Gasteiger partial charge in [0.2, 0.25) is 0 Å². The van der Waals surface area contributed by atoms with Crippen molar-refractivity contribution in [2.45, 2.75) is 0 Å². The second-order valence-electron chi connectivity index (χ2n) is 5.67.